The highest BCUT2D eigenvalue weighted by Gasteiger charge is 2.27. The quantitative estimate of drug-likeness (QED) is 0.0287. The van der Waals surface area contributed by atoms with E-state index in [4.69, 9.17) is 0 Å². The molecule has 0 bridgehead atoms. The number of carbonyl (C=O) groups excluding carboxylic acids is 1. The van der Waals surface area contributed by atoms with Crippen LogP contribution in [0.4, 0.5) is 0 Å². The predicted octanol–water partition coefficient (Wildman–Crippen LogP) is 11.1. The molecule has 4 N–H and O–H groups in total. The van der Waals surface area contributed by atoms with Crippen LogP contribution in [0.5, 0.6) is 0 Å². The number of aliphatic hydroxyl groups is 2. The summed E-state index contributed by atoms with van der Waals surface area (Å²) >= 11 is 0. The molecule has 3 unspecified atom stereocenters. The summed E-state index contributed by atoms with van der Waals surface area (Å²) in [6.45, 7) is 4.50. The van der Waals surface area contributed by atoms with E-state index in [1.807, 2.05) is 0 Å². The topological polar surface area (TPSA) is 124 Å². The van der Waals surface area contributed by atoms with E-state index >= 15 is 0 Å². The summed E-state index contributed by atoms with van der Waals surface area (Å²) in [4.78, 5) is 12.6. The van der Waals surface area contributed by atoms with Crippen LogP contribution in [-0.4, -0.2) is 53.1 Å². The molecule has 3 atom stereocenters. The number of unbranched alkanes of at least 4 members (excludes halogenated alkanes) is 24. The second kappa shape index (κ2) is 35.9. The highest BCUT2D eigenvalue weighted by atomic mass is 32.2. The fraction of sp³-hybridized carbons (Fsp3) is 0.833. The van der Waals surface area contributed by atoms with E-state index < -0.39 is 40.0 Å². The van der Waals surface area contributed by atoms with E-state index in [2.05, 4.69) is 43.5 Å². The maximum absolute atomic E-state index is 12.6. The van der Waals surface area contributed by atoms with Crippen molar-refractivity contribution in [3.63, 3.8) is 0 Å². The molecule has 0 aliphatic rings. The predicted molar refractivity (Wildman–Crippen MR) is 213 cm³/mol. The van der Waals surface area contributed by atoms with Crippen molar-refractivity contribution in [3.8, 4) is 0 Å². The molecule has 0 radical (unpaired) electrons. The van der Waals surface area contributed by atoms with Crippen molar-refractivity contribution in [2.24, 2.45) is 0 Å². The van der Waals surface area contributed by atoms with Gasteiger partial charge in [0.05, 0.1) is 17.9 Å². The maximum atomic E-state index is 12.6. The van der Waals surface area contributed by atoms with E-state index in [0.29, 0.717) is 12.8 Å². The summed E-state index contributed by atoms with van der Waals surface area (Å²) in [6.07, 6.45) is 43.4. The van der Waals surface area contributed by atoms with Gasteiger partial charge in [0.2, 0.25) is 5.91 Å². The fourth-order valence-electron chi connectivity index (χ4n) is 6.19. The first kappa shape index (κ1) is 48.5. The van der Waals surface area contributed by atoms with Gasteiger partial charge in [-0.15, -0.1) is 0 Å². The Morgan fingerprint density at radius 2 is 0.900 bits per heavy atom. The van der Waals surface area contributed by atoms with E-state index in [1.54, 1.807) is 6.08 Å². The molecule has 0 aromatic rings. The number of hydrogen-bond acceptors (Lipinski definition) is 5. The fourth-order valence-corrected chi connectivity index (χ4v) is 6.93. The third kappa shape index (κ3) is 34.9. The Hall–Kier alpha value is -1.48. The van der Waals surface area contributed by atoms with Crippen molar-refractivity contribution in [1.82, 2.24) is 5.32 Å². The van der Waals surface area contributed by atoms with Crippen molar-refractivity contribution in [3.05, 3.63) is 36.5 Å². The number of rotatable bonds is 37. The zero-order valence-electron chi connectivity index (χ0n) is 32.4. The highest BCUT2D eigenvalue weighted by Crippen LogP contribution is 2.15. The third-order valence-corrected chi connectivity index (χ3v) is 10.2. The lowest BCUT2D eigenvalue weighted by molar-refractivity contribution is -0.130. The van der Waals surface area contributed by atoms with Gasteiger partial charge in [0.15, 0.2) is 0 Å². The van der Waals surface area contributed by atoms with Crippen LogP contribution in [0, 0.1) is 0 Å². The van der Waals surface area contributed by atoms with Crippen molar-refractivity contribution in [2.75, 3.05) is 5.75 Å². The molecule has 0 aliphatic carbocycles. The van der Waals surface area contributed by atoms with Crippen LogP contribution >= 0.6 is 0 Å². The third-order valence-electron chi connectivity index (χ3n) is 9.40. The Morgan fingerprint density at radius 3 is 1.32 bits per heavy atom. The molecule has 7 nitrogen and oxygen atoms in total. The van der Waals surface area contributed by atoms with Crippen molar-refractivity contribution in [1.29, 1.82) is 0 Å². The Morgan fingerprint density at radius 1 is 0.540 bits per heavy atom. The lowest BCUT2D eigenvalue weighted by atomic mass is 10.0. The molecule has 0 saturated heterocycles. The standard InChI is InChI=1S/C42H79NO6S/c1-3-5-7-9-11-13-15-17-19-20-21-23-25-27-29-31-33-35-37-41(45)42(46)43-39(38-50(47,48)49)40(44)36-34-32-30-28-26-24-22-18-16-14-12-10-8-6-4-2/h16,18,26,28,34,36,39-41,44-45H,3-15,17,19-25,27,29-33,35,37-38H2,1-2H3,(H,43,46)(H,47,48,49)/b18-16+,28-26+,36-34+. The van der Waals surface area contributed by atoms with Gasteiger partial charge in [-0.2, -0.15) is 8.42 Å². The molecule has 0 aromatic carbocycles. The first-order chi connectivity index (χ1) is 24.2. The summed E-state index contributed by atoms with van der Waals surface area (Å²) in [5.41, 5.74) is 0. The zero-order valence-corrected chi connectivity index (χ0v) is 33.2. The Bertz CT molecular complexity index is 948. The maximum Gasteiger partial charge on any atom is 0.267 e. The van der Waals surface area contributed by atoms with Crippen molar-refractivity contribution < 1.29 is 28.0 Å². The van der Waals surface area contributed by atoms with Crippen LogP contribution in [0.25, 0.3) is 0 Å². The number of aliphatic hydroxyl groups excluding tert-OH is 2. The van der Waals surface area contributed by atoms with E-state index in [-0.39, 0.29) is 6.42 Å². The van der Waals surface area contributed by atoms with Gasteiger partial charge in [-0.25, -0.2) is 0 Å². The molecule has 1 amide bonds. The lowest BCUT2D eigenvalue weighted by Gasteiger charge is -2.22. The van der Waals surface area contributed by atoms with Crippen molar-refractivity contribution >= 4 is 16.0 Å². The number of allylic oxidation sites excluding steroid dienone is 5. The van der Waals surface area contributed by atoms with Crippen LogP contribution in [-0.2, 0) is 14.9 Å². The molecular weight excluding hydrogens is 647 g/mol. The van der Waals surface area contributed by atoms with Gasteiger partial charge in [-0.1, -0.05) is 192 Å². The van der Waals surface area contributed by atoms with Gasteiger partial charge < -0.3 is 15.5 Å². The van der Waals surface area contributed by atoms with Crippen LogP contribution in [0.15, 0.2) is 36.5 Å². The second-order valence-corrected chi connectivity index (χ2v) is 15.9. The van der Waals surface area contributed by atoms with Crippen LogP contribution < -0.4 is 5.32 Å². The Kier molecular flexibility index (Phi) is 34.8. The Labute approximate surface area is 309 Å². The van der Waals surface area contributed by atoms with E-state index in [9.17, 15) is 28.0 Å². The minimum atomic E-state index is -4.45. The normalized spacial score (nSPS) is 14.3. The summed E-state index contributed by atoms with van der Waals surface area (Å²) in [6, 6.07) is -1.25. The minimum Gasteiger partial charge on any atom is -0.387 e. The number of carbonyl (C=O) groups is 1. The van der Waals surface area contributed by atoms with Crippen molar-refractivity contribution in [2.45, 2.75) is 218 Å². The second-order valence-electron chi connectivity index (χ2n) is 14.4. The largest absolute Gasteiger partial charge is 0.387 e. The summed E-state index contributed by atoms with van der Waals surface area (Å²) < 4.78 is 32.5. The van der Waals surface area contributed by atoms with Gasteiger partial charge >= 0.3 is 0 Å². The molecule has 0 spiro atoms. The molecule has 0 rings (SSSR count). The first-order valence-electron chi connectivity index (χ1n) is 20.8. The molecule has 0 heterocycles. The molecule has 0 saturated carbocycles. The molecule has 294 valence electrons. The molecule has 0 aromatic heterocycles. The molecule has 8 heteroatoms. The average Bonchev–Trinajstić information content (AvgIpc) is 3.08. The number of nitrogens with one attached hydrogen (secondary N) is 1. The smallest absolute Gasteiger partial charge is 0.267 e. The van der Waals surface area contributed by atoms with Gasteiger partial charge in [-0.05, 0) is 44.9 Å². The van der Waals surface area contributed by atoms with Gasteiger partial charge in [0.1, 0.15) is 6.10 Å². The molecule has 0 aliphatic heterocycles. The average molecular weight is 726 g/mol. The number of hydrogen-bond donors (Lipinski definition) is 4. The van der Waals surface area contributed by atoms with Crippen LogP contribution in [0.3, 0.4) is 0 Å². The SMILES string of the molecule is CCCCCCC/C=C/CC/C=C/CC/C=C/C(O)C(CS(=O)(=O)O)NC(=O)C(O)CCCCCCCCCCCCCCCCCCCC. The summed E-state index contributed by atoms with van der Waals surface area (Å²) in [5.74, 6) is -1.56. The Balaban J connectivity index is 4.07. The molecule has 0 fully saturated rings. The van der Waals surface area contributed by atoms with Crippen LogP contribution in [0.1, 0.15) is 200 Å². The van der Waals surface area contributed by atoms with Gasteiger partial charge in [0.25, 0.3) is 10.1 Å². The highest BCUT2D eigenvalue weighted by molar-refractivity contribution is 7.85. The molecule has 50 heavy (non-hydrogen) atoms. The monoisotopic (exact) mass is 726 g/mol. The zero-order chi connectivity index (χ0) is 37.0. The first-order valence-corrected chi connectivity index (χ1v) is 22.4. The lowest BCUT2D eigenvalue weighted by Crippen LogP contribution is -2.50. The summed E-state index contributed by atoms with van der Waals surface area (Å²) in [5, 5.41) is 23.4. The van der Waals surface area contributed by atoms with Gasteiger partial charge in [-0.3, -0.25) is 9.35 Å². The number of amides is 1. The molecular formula is C42H79NO6S. The van der Waals surface area contributed by atoms with E-state index in [0.717, 1.165) is 44.9 Å². The minimum absolute atomic E-state index is 0.274. The summed E-state index contributed by atoms with van der Waals surface area (Å²) in [7, 11) is -4.45. The van der Waals surface area contributed by atoms with E-state index in [1.165, 1.54) is 128 Å². The van der Waals surface area contributed by atoms with Gasteiger partial charge in [0, 0.05) is 0 Å². The van der Waals surface area contributed by atoms with Crippen LogP contribution in [0.2, 0.25) is 0 Å².